The average Bonchev–Trinajstić information content (AvgIpc) is 3.48. The van der Waals surface area contributed by atoms with Crippen LogP contribution in [0, 0.1) is 5.82 Å². The molecular formula is C26H23Cl2FN8O. The zero-order valence-corrected chi connectivity index (χ0v) is 22.0. The number of nitrogens with one attached hydrogen (secondary N) is 1. The highest BCUT2D eigenvalue weighted by atomic mass is 35.5. The summed E-state index contributed by atoms with van der Waals surface area (Å²) >= 11 is 12.6. The number of H-pyrrole nitrogens is 1. The number of hydrogen-bond acceptors (Lipinski definition) is 7. The Morgan fingerprint density at radius 1 is 1.13 bits per heavy atom. The number of rotatable bonds is 6. The molecule has 0 saturated carbocycles. The molecule has 1 aromatic carbocycles. The van der Waals surface area contributed by atoms with Crippen molar-refractivity contribution in [1.82, 2.24) is 29.9 Å². The Hall–Kier alpha value is -3.73. The number of aromatic nitrogens is 6. The van der Waals surface area contributed by atoms with Crippen LogP contribution in [0.2, 0.25) is 10.0 Å². The number of fused-ring (bicyclic) bond motifs is 1. The van der Waals surface area contributed by atoms with Gasteiger partial charge in [-0.05, 0) is 31.2 Å². The lowest BCUT2D eigenvalue weighted by molar-refractivity contribution is 0.227. The van der Waals surface area contributed by atoms with E-state index in [2.05, 4.69) is 25.3 Å². The summed E-state index contributed by atoms with van der Waals surface area (Å²) in [5.74, 6) is 0.384. The Morgan fingerprint density at radius 2 is 1.89 bits per heavy atom. The second-order valence-electron chi connectivity index (χ2n) is 9.50. The molecule has 1 aliphatic rings. The first-order valence-electron chi connectivity index (χ1n) is 11.8. The number of aromatic amines is 1. The molecule has 0 amide bonds. The van der Waals surface area contributed by atoms with E-state index in [0.717, 1.165) is 16.5 Å². The summed E-state index contributed by atoms with van der Waals surface area (Å²) < 4.78 is 23.1. The molecule has 1 aliphatic heterocycles. The van der Waals surface area contributed by atoms with Crippen molar-refractivity contribution in [2.75, 3.05) is 18.0 Å². The molecule has 1 atom stereocenters. The Morgan fingerprint density at radius 3 is 2.58 bits per heavy atom. The molecule has 1 saturated heterocycles. The van der Waals surface area contributed by atoms with Gasteiger partial charge >= 0.3 is 0 Å². The topological polar surface area (TPSA) is 111 Å². The normalized spacial score (nSPS) is 15.5. The Bertz CT molecular complexity index is 1640. The fourth-order valence-corrected chi connectivity index (χ4v) is 5.47. The van der Waals surface area contributed by atoms with Gasteiger partial charge in [0.25, 0.3) is 0 Å². The Labute approximate surface area is 227 Å². The minimum absolute atomic E-state index is 0.252. The van der Waals surface area contributed by atoms with Crippen LogP contribution in [0.25, 0.3) is 22.2 Å². The van der Waals surface area contributed by atoms with E-state index in [1.165, 1.54) is 18.5 Å². The molecule has 3 N–H and O–H groups in total. The molecule has 194 valence electrons. The highest BCUT2D eigenvalue weighted by molar-refractivity contribution is 6.35. The second-order valence-corrected chi connectivity index (χ2v) is 10.3. The zero-order valence-electron chi connectivity index (χ0n) is 20.5. The van der Waals surface area contributed by atoms with Gasteiger partial charge in [0.1, 0.15) is 17.5 Å². The van der Waals surface area contributed by atoms with Gasteiger partial charge in [-0.15, -0.1) is 0 Å². The van der Waals surface area contributed by atoms with Crippen LogP contribution in [-0.4, -0.2) is 43.0 Å². The SMILES string of the molecule is C[C@@H](Oc1ccc2[nH]nc(-c3cnc(N4CC(N)(c5cnn(C)c5)C4)c(F)c3)c2c1)c1c(Cl)cncc1Cl. The minimum atomic E-state index is -0.586. The van der Waals surface area contributed by atoms with Crippen LogP contribution in [0.15, 0.2) is 55.2 Å². The van der Waals surface area contributed by atoms with Crippen molar-refractivity contribution in [2.45, 2.75) is 18.6 Å². The lowest BCUT2D eigenvalue weighted by Gasteiger charge is -2.48. The van der Waals surface area contributed by atoms with Gasteiger partial charge in [0.15, 0.2) is 11.6 Å². The van der Waals surface area contributed by atoms with Crippen LogP contribution >= 0.6 is 23.2 Å². The van der Waals surface area contributed by atoms with Crippen LogP contribution in [0.1, 0.15) is 24.2 Å². The predicted molar refractivity (Wildman–Crippen MR) is 144 cm³/mol. The second kappa shape index (κ2) is 9.23. The van der Waals surface area contributed by atoms with E-state index >= 15 is 4.39 Å². The molecule has 5 aromatic rings. The summed E-state index contributed by atoms with van der Waals surface area (Å²) in [6.07, 6.45) is 7.86. The maximum atomic E-state index is 15.2. The van der Waals surface area contributed by atoms with Gasteiger partial charge in [-0.2, -0.15) is 10.2 Å². The van der Waals surface area contributed by atoms with E-state index in [9.17, 15) is 0 Å². The van der Waals surface area contributed by atoms with Gasteiger partial charge in [0.05, 0.1) is 27.3 Å². The molecule has 0 radical (unpaired) electrons. The number of anilines is 1. The predicted octanol–water partition coefficient (Wildman–Crippen LogP) is 5.01. The van der Waals surface area contributed by atoms with Gasteiger partial charge in [-0.25, -0.2) is 9.37 Å². The quantitative estimate of drug-likeness (QED) is 0.304. The van der Waals surface area contributed by atoms with E-state index in [-0.39, 0.29) is 5.82 Å². The Balaban J connectivity index is 1.24. The molecule has 0 bridgehead atoms. The maximum absolute atomic E-state index is 15.2. The first-order valence-corrected chi connectivity index (χ1v) is 12.6. The van der Waals surface area contributed by atoms with Gasteiger partial charge < -0.3 is 15.4 Å². The van der Waals surface area contributed by atoms with Gasteiger partial charge in [0.2, 0.25) is 0 Å². The van der Waals surface area contributed by atoms with E-state index in [1.54, 1.807) is 17.1 Å². The van der Waals surface area contributed by atoms with Crippen molar-refractivity contribution in [3.8, 4) is 17.0 Å². The highest BCUT2D eigenvalue weighted by Gasteiger charge is 2.43. The fraction of sp³-hybridized carbons (Fsp3) is 0.231. The summed E-state index contributed by atoms with van der Waals surface area (Å²) in [6.45, 7) is 2.74. The third-order valence-corrected chi connectivity index (χ3v) is 7.37. The number of halogens is 3. The standard InChI is InChI=1S/C26H23Cl2FN8O/c1-14(23-19(27)9-31-10-20(23)28)38-17-3-4-22-18(6-17)24(35-34-22)15-5-21(29)25(32-7-15)37-12-26(30,13-37)16-8-33-36(2)11-16/h3-11,14H,12-13,30H2,1-2H3,(H,34,35)/t14-/m1/s1. The van der Waals surface area contributed by atoms with Gasteiger partial charge in [0, 0.05) is 67.0 Å². The Kier molecular flexibility index (Phi) is 5.97. The maximum Gasteiger partial charge on any atom is 0.166 e. The molecule has 0 spiro atoms. The fourth-order valence-electron chi connectivity index (χ4n) is 4.80. The summed E-state index contributed by atoms with van der Waals surface area (Å²) in [6, 6.07) is 6.94. The molecule has 5 heterocycles. The van der Waals surface area contributed by atoms with Crippen LogP contribution in [-0.2, 0) is 12.6 Å². The molecule has 9 nitrogen and oxygen atoms in total. The van der Waals surface area contributed by atoms with E-state index in [1.807, 2.05) is 43.3 Å². The third kappa shape index (κ3) is 4.24. The van der Waals surface area contributed by atoms with Crippen LogP contribution in [0.5, 0.6) is 5.75 Å². The van der Waals surface area contributed by atoms with E-state index in [4.69, 9.17) is 33.7 Å². The van der Waals surface area contributed by atoms with Crippen LogP contribution < -0.4 is 15.4 Å². The smallest absolute Gasteiger partial charge is 0.166 e. The number of benzene rings is 1. The van der Waals surface area contributed by atoms with Crippen molar-refractivity contribution in [3.63, 3.8) is 0 Å². The van der Waals surface area contributed by atoms with E-state index in [0.29, 0.717) is 45.7 Å². The average molecular weight is 553 g/mol. The molecule has 12 heteroatoms. The van der Waals surface area contributed by atoms with Crippen molar-refractivity contribution in [3.05, 3.63) is 82.2 Å². The summed E-state index contributed by atoms with van der Waals surface area (Å²) in [7, 11) is 1.84. The number of ether oxygens (including phenoxy) is 1. The molecule has 6 rings (SSSR count). The monoisotopic (exact) mass is 552 g/mol. The lowest BCUT2D eigenvalue weighted by Crippen LogP contribution is -2.65. The number of hydrogen-bond donors (Lipinski definition) is 2. The minimum Gasteiger partial charge on any atom is -0.486 e. The molecule has 4 aromatic heterocycles. The number of pyridine rings is 2. The largest absolute Gasteiger partial charge is 0.486 e. The van der Waals surface area contributed by atoms with Crippen molar-refractivity contribution in [1.29, 1.82) is 0 Å². The molecule has 0 aliphatic carbocycles. The van der Waals surface area contributed by atoms with Crippen LogP contribution in [0.3, 0.4) is 0 Å². The first-order chi connectivity index (χ1) is 18.2. The zero-order chi connectivity index (χ0) is 26.6. The number of aryl methyl sites for hydroxylation is 1. The molecule has 38 heavy (non-hydrogen) atoms. The summed E-state index contributed by atoms with van der Waals surface area (Å²) in [4.78, 5) is 10.2. The highest BCUT2D eigenvalue weighted by Crippen LogP contribution is 2.37. The van der Waals surface area contributed by atoms with Crippen molar-refractivity contribution >= 4 is 39.9 Å². The van der Waals surface area contributed by atoms with Gasteiger partial charge in [-0.1, -0.05) is 23.2 Å². The third-order valence-electron chi connectivity index (χ3n) is 6.76. The molecular weight excluding hydrogens is 530 g/mol. The van der Waals surface area contributed by atoms with Crippen molar-refractivity contribution in [2.24, 2.45) is 12.8 Å². The summed E-state index contributed by atoms with van der Waals surface area (Å²) in [5.41, 5.74) is 9.34. The van der Waals surface area contributed by atoms with E-state index < -0.39 is 17.5 Å². The lowest BCUT2D eigenvalue weighted by atomic mass is 9.85. The number of nitrogens with zero attached hydrogens (tertiary/aromatic N) is 6. The summed E-state index contributed by atoms with van der Waals surface area (Å²) in [5, 5.41) is 13.2. The van der Waals surface area contributed by atoms with Gasteiger partial charge in [-0.3, -0.25) is 14.8 Å². The number of nitrogens with two attached hydrogens (primary N) is 1. The molecule has 0 unspecified atom stereocenters. The van der Waals surface area contributed by atoms with Crippen molar-refractivity contribution < 1.29 is 9.13 Å². The first kappa shape index (κ1) is 24.6. The van der Waals surface area contributed by atoms with Crippen LogP contribution in [0.4, 0.5) is 10.2 Å². The molecule has 1 fully saturated rings.